The molecular weight excluding hydrogens is 468 g/mol. The van der Waals surface area contributed by atoms with Crippen LogP contribution in [0.3, 0.4) is 0 Å². The van der Waals surface area contributed by atoms with Crippen molar-refractivity contribution in [3.8, 4) is 0 Å². The van der Waals surface area contributed by atoms with Gasteiger partial charge in [-0.3, -0.25) is 14.6 Å². The first-order valence-corrected chi connectivity index (χ1v) is 13.0. The highest BCUT2D eigenvalue weighted by molar-refractivity contribution is 6.05. The molecule has 37 heavy (non-hydrogen) atoms. The Labute approximate surface area is 220 Å². The van der Waals surface area contributed by atoms with Crippen LogP contribution in [0.15, 0.2) is 41.4 Å². The van der Waals surface area contributed by atoms with E-state index in [1.807, 2.05) is 72.1 Å². The molecule has 2 aromatic rings. The fourth-order valence-electron chi connectivity index (χ4n) is 4.08. The van der Waals surface area contributed by atoms with Gasteiger partial charge in [-0.15, -0.1) is 0 Å². The van der Waals surface area contributed by atoms with Crippen LogP contribution in [0.5, 0.6) is 0 Å². The van der Waals surface area contributed by atoms with Crippen LogP contribution in [0.4, 0.5) is 5.69 Å². The molecule has 2 N–H and O–H groups in total. The van der Waals surface area contributed by atoms with Gasteiger partial charge in [0.1, 0.15) is 18.1 Å². The number of fused-ring (bicyclic) bond motifs is 1. The van der Waals surface area contributed by atoms with Crippen LogP contribution in [0.25, 0.3) is 10.8 Å². The van der Waals surface area contributed by atoms with Crippen molar-refractivity contribution in [2.45, 2.75) is 66.1 Å². The van der Waals surface area contributed by atoms with E-state index in [0.29, 0.717) is 6.42 Å². The first-order valence-electron chi connectivity index (χ1n) is 13.0. The van der Waals surface area contributed by atoms with Gasteiger partial charge in [0.15, 0.2) is 0 Å². The van der Waals surface area contributed by atoms with Crippen LogP contribution in [-0.4, -0.2) is 62.8 Å². The molecule has 0 aromatic heterocycles. The summed E-state index contributed by atoms with van der Waals surface area (Å²) in [5.41, 5.74) is 2.02. The highest BCUT2D eigenvalue weighted by Crippen LogP contribution is 2.28. The molecule has 0 fully saturated rings. The zero-order valence-electron chi connectivity index (χ0n) is 23.4. The molecule has 0 aliphatic carbocycles. The average Bonchev–Trinajstić information content (AvgIpc) is 2.86. The molecule has 2 rings (SSSR count). The number of nitrogens with zero attached hydrogens (tertiary/aromatic N) is 2. The summed E-state index contributed by atoms with van der Waals surface area (Å²) >= 11 is 0. The lowest BCUT2D eigenvalue weighted by Gasteiger charge is -2.27. The van der Waals surface area contributed by atoms with Crippen molar-refractivity contribution in [1.82, 2.24) is 10.6 Å². The summed E-state index contributed by atoms with van der Waals surface area (Å²) in [5, 5.41) is 7.72. The Balaban J connectivity index is 2.28. The molecule has 0 saturated carbocycles. The monoisotopic (exact) mass is 510 g/mol. The molecule has 0 radical (unpaired) electrons. The Hall–Kier alpha value is -3.42. The van der Waals surface area contributed by atoms with Gasteiger partial charge in [0.05, 0.1) is 6.61 Å². The number of amides is 2. The first kappa shape index (κ1) is 29.8. The SMILES string of the molecule is CCOC(=O)[C@H](C)NC(=O)[C@@H](NC(=O)[C@@H](N=Cc1ccc(N(C)C)c2ccccc12)C(C)C)[C@@H](C)CC. The quantitative estimate of drug-likeness (QED) is 0.333. The standard InChI is InChI=1S/C29H42N4O4/c1-9-19(5)26(28(35)31-20(6)29(36)37-10-2)32-27(34)25(18(3)4)30-17-21-15-16-24(33(7)8)23-14-12-11-13-22(21)23/h11-20,25-26H,9-10H2,1-8H3,(H,31,35)(H,32,34)/t19-,20-,25-,26-/m0/s1. The van der Waals surface area contributed by atoms with E-state index in [1.54, 1.807) is 20.1 Å². The molecule has 0 aliphatic heterocycles. The molecular formula is C29H42N4O4. The van der Waals surface area contributed by atoms with Crippen LogP contribution < -0.4 is 15.5 Å². The van der Waals surface area contributed by atoms with Crippen molar-refractivity contribution < 1.29 is 19.1 Å². The van der Waals surface area contributed by atoms with Crippen LogP contribution in [0, 0.1) is 11.8 Å². The van der Waals surface area contributed by atoms with Crippen molar-refractivity contribution in [1.29, 1.82) is 0 Å². The van der Waals surface area contributed by atoms with Crippen LogP contribution in [-0.2, 0) is 19.1 Å². The van der Waals surface area contributed by atoms with Crippen LogP contribution in [0.2, 0.25) is 0 Å². The molecule has 2 amide bonds. The molecule has 2 aromatic carbocycles. The Kier molecular flexibility index (Phi) is 11.1. The van der Waals surface area contributed by atoms with Gasteiger partial charge in [0.2, 0.25) is 11.8 Å². The predicted octanol–water partition coefficient (Wildman–Crippen LogP) is 3.95. The van der Waals surface area contributed by atoms with E-state index in [1.165, 1.54) is 0 Å². The van der Waals surface area contributed by atoms with Crippen LogP contribution >= 0.6 is 0 Å². The first-order chi connectivity index (χ1) is 17.5. The fraction of sp³-hybridized carbons (Fsp3) is 0.517. The topological polar surface area (TPSA) is 100 Å². The molecule has 8 heteroatoms. The number of carbonyl (C=O) groups excluding carboxylic acids is 3. The lowest BCUT2D eigenvalue weighted by Crippen LogP contribution is -2.55. The summed E-state index contributed by atoms with van der Waals surface area (Å²) in [5.74, 6) is -1.49. The van der Waals surface area contributed by atoms with Crippen molar-refractivity contribution in [3.63, 3.8) is 0 Å². The number of rotatable bonds is 12. The van der Waals surface area contributed by atoms with Gasteiger partial charge in [-0.1, -0.05) is 64.4 Å². The van der Waals surface area contributed by atoms with E-state index in [4.69, 9.17) is 4.74 Å². The highest BCUT2D eigenvalue weighted by atomic mass is 16.5. The minimum atomic E-state index is -0.812. The number of nitrogens with one attached hydrogen (secondary N) is 2. The maximum atomic E-state index is 13.4. The Bertz CT molecular complexity index is 1110. The molecule has 0 spiro atoms. The predicted molar refractivity (Wildman–Crippen MR) is 150 cm³/mol. The summed E-state index contributed by atoms with van der Waals surface area (Å²) in [6, 6.07) is 9.85. The van der Waals surface area contributed by atoms with Gasteiger partial charge in [-0.2, -0.15) is 0 Å². The van der Waals surface area contributed by atoms with E-state index in [2.05, 4.69) is 26.6 Å². The summed E-state index contributed by atoms with van der Waals surface area (Å²) in [4.78, 5) is 45.1. The highest BCUT2D eigenvalue weighted by Gasteiger charge is 2.31. The molecule has 0 bridgehead atoms. The van der Waals surface area contributed by atoms with Gasteiger partial charge in [-0.25, -0.2) is 4.79 Å². The van der Waals surface area contributed by atoms with Gasteiger partial charge in [0, 0.05) is 36.9 Å². The number of carbonyl (C=O) groups is 3. The third-order valence-electron chi connectivity index (χ3n) is 6.48. The summed E-state index contributed by atoms with van der Waals surface area (Å²) in [7, 11) is 4.01. The van der Waals surface area contributed by atoms with E-state index in [0.717, 1.165) is 22.0 Å². The van der Waals surface area contributed by atoms with E-state index in [9.17, 15) is 14.4 Å². The van der Waals surface area contributed by atoms with Crippen molar-refractivity contribution in [3.05, 3.63) is 42.0 Å². The minimum absolute atomic E-state index is 0.0948. The lowest BCUT2D eigenvalue weighted by molar-refractivity contribution is -0.147. The number of hydrogen-bond acceptors (Lipinski definition) is 6. The second-order valence-corrected chi connectivity index (χ2v) is 9.94. The molecule has 8 nitrogen and oxygen atoms in total. The van der Waals surface area contributed by atoms with Gasteiger partial charge in [-0.05, 0) is 37.1 Å². The maximum absolute atomic E-state index is 13.4. The summed E-state index contributed by atoms with van der Waals surface area (Å²) in [6.45, 7) is 11.2. The smallest absolute Gasteiger partial charge is 0.328 e. The van der Waals surface area contributed by atoms with E-state index >= 15 is 0 Å². The zero-order valence-corrected chi connectivity index (χ0v) is 23.4. The summed E-state index contributed by atoms with van der Waals surface area (Å²) < 4.78 is 4.98. The number of ether oxygens (including phenoxy) is 1. The van der Waals surface area contributed by atoms with Crippen molar-refractivity contribution >= 4 is 40.5 Å². The van der Waals surface area contributed by atoms with Crippen LogP contribution in [0.1, 0.15) is 53.5 Å². The lowest BCUT2D eigenvalue weighted by atomic mass is 9.96. The van der Waals surface area contributed by atoms with E-state index in [-0.39, 0.29) is 24.3 Å². The molecule has 0 aliphatic rings. The van der Waals surface area contributed by atoms with Crippen molar-refractivity contribution in [2.75, 3.05) is 25.6 Å². The third-order valence-corrected chi connectivity index (χ3v) is 6.48. The number of anilines is 1. The maximum Gasteiger partial charge on any atom is 0.328 e. The number of aliphatic imine (C=N–C) groups is 1. The van der Waals surface area contributed by atoms with E-state index < -0.39 is 30.0 Å². The third kappa shape index (κ3) is 7.78. The fourth-order valence-corrected chi connectivity index (χ4v) is 4.08. The summed E-state index contributed by atoms with van der Waals surface area (Å²) in [6.07, 6.45) is 2.42. The molecule has 4 atom stereocenters. The Morgan fingerprint density at radius 3 is 2.16 bits per heavy atom. The normalized spacial score (nSPS) is 14.7. The number of esters is 1. The van der Waals surface area contributed by atoms with Gasteiger partial charge in [0.25, 0.3) is 0 Å². The largest absolute Gasteiger partial charge is 0.464 e. The number of hydrogen-bond donors (Lipinski definition) is 2. The molecule has 0 unspecified atom stereocenters. The van der Waals surface area contributed by atoms with Gasteiger partial charge >= 0.3 is 5.97 Å². The zero-order chi connectivity index (χ0) is 27.7. The molecule has 0 heterocycles. The molecule has 0 saturated heterocycles. The van der Waals surface area contributed by atoms with Gasteiger partial charge < -0.3 is 20.3 Å². The Morgan fingerprint density at radius 1 is 0.946 bits per heavy atom. The average molecular weight is 511 g/mol. The second kappa shape index (κ2) is 13.8. The second-order valence-electron chi connectivity index (χ2n) is 9.94. The molecule has 202 valence electrons. The van der Waals surface area contributed by atoms with Crippen molar-refractivity contribution in [2.24, 2.45) is 16.8 Å². The minimum Gasteiger partial charge on any atom is -0.464 e. The Morgan fingerprint density at radius 2 is 1.59 bits per heavy atom. The number of benzene rings is 2.